The Kier molecular flexibility index (Phi) is 5.98. The van der Waals surface area contributed by atoms with E-state index in [1.54, 1.807) is 7.05 Å². The molecule has 1 aliphatic heterocycles. The summed E-state index contributed by atoms with van der Waals surface area (Å²) < 4.78 is 0. The maximum atomic E-state index is 12.8. The van der Waals surface area contributed by atoms with Gasteiger partial charge < -0.3 is 10.2 Å². The van der Waals surface area contributed by atoms with Crippen LogP contribution in [0.25, 0.3) is 0 Å². The average Bonchev–Trinajstić information content (AvgIpc) is 2.59. The van der Waals surface area contributed by atoms with E-state index >= 15 is 0 Å². The van der Waals surface area contributed by atoms with Gasteiger partial charge in [0.05, 0.1) is 6.04 Å². The number of piperidine rings is 1. The van der Waals surface area contributed by atoms with E-state index < -0.39 is 0 Å². The van der Waals surface area contributed by atoms with Crippen molar-refractivity contribution in [3.05, 3.63) is 0 Å². The smallest absolute Gasteiger partial charge is 0.226 e. The molecule has 0 radical (unpaired) electrons. The SMILES string of the molecule is CCC(=O)C1CCCCN1C(=O)C1CCC(C(=O)NC)CC1. The highest BCUT2D eigenvalue weighted by molar-refractivity contribution is 5.90. The minimum absolute atomic E-state index is 0.00818. The van der Waals surface area contributed by atoms with Gasteiger partial charge >= 0.3 is 0 Å². The van der Waals surface area contributed by atoms with E-state index in [9.17, 15) is 14.4 Å². The Morgan fingerprint density at radius 2 is 1.64 bits per heavy atom. The minimum Gasteiger partial charge on any atom is -0.359 e. The van der Waals surface area contributed by atoms with Crippen molar-refractivity contribution in [1.82, 2.24) is 10.2 Å². The Morgan fingerprint density at radius 3 is 2.23 bits per heavy atom. The molecule has 1 atom stereocenters. The van der Waals surface area contributed by atoms with Gasteiger partial charge in [0, 0.05) is 31.8 Å². The number of hydrogen-bond acceptors (Lipinski definition) is 3. The number of rotatable bonds is 4. The summed E-state index contributed by atoms with van der Waals surface area (Å²) in [4.78, 5) is 38.4. The van der Waals surface area contributed by atoms with Crippen LogP contribution >= 0.6 is 0 Å². The standard InChI is InChI=1S/C17H28N2O3/c1-3-15(20)14-6-4-5-11-19(14)17(22)13-9-7-12(8-10-13)16(21)18-2/h12-14H,3-11H2,1-2H3,(H,18,21). The summed E-state index contributed by atoms with van der Waals surface area (Å²) in [5, 5.41) is 2.69. The van der Waals surface area contributed by atoms with Crippen molar-refractivity contribution >= 4 is 17.6 Å². The molecule has 124 valence electrons. The minimum atomic E-state index is -0.206. The Hall–Kier alpha value is -1.39. The number of likely N-dealkylation sites (tertiary alicyclic amines) is 1. The van der Waals surface area contributed by atoms with Gasteiger partial charge in [-0.1, -0.05) is 6.92 Å². The van der Waals surface area contributed by atoms with E-state index in [0.29, 0.717) is 13.0 Å². The molecule has 2 rings (SSSR count). The summed E-state index contributed by atoms with van der Waals surface area (Å²) in [5.41, 5.74) is 0. The molecular formula is C17H28N2O3. The molecular weight excluding hydrogens is 280 g/mol. The van der Waals surface area contributed by atoms with E-state index in [-0.39, 0.29) is 35.5 Å². The van der Waals surface area contributed by atoms with Gasteiger partial charge in [-0.25, -0.2) is 0 Å². The van der Waals surface area contributed by atoms with Crippen LogP contribution in [0.4, 0.5) is 0 Å². The molecule has 2 fully saturated rings. The molecule has 5 heteroatoms. The molecule has 22 heavy (non-hydrogen) atoms. The van der Waals surface area contributed by atoms with Crippen LogP contribution in [0, 0.1) is 11.8 Å². The highest BCUT2D eigenvalue weighted by atomic mass is 16.2. The Balaban J connectivity index is 1.96. The van der Waals surface area contributed by atoms with Crippen molar-refractivity contribution < 1.29 is 14.4 Å². The van der Waals surface area contributed by atoms with Crippen LogP contribution in [0.5, 0.6) is 0 Å². The topological polar surface area (TPSA) is 66.5 Å². The van der Waals surface area contributed by atoms with E-state index in [0.717, 1.165) is 44.9 Å². The molecule has 2 aliphatic rings. The van der Waals surface area contributed by atoms with Gasteiger partial charge in [-0.15, -0.1) is 0 Å². The molecule has 2 amide bonds. The normalized spacial score (nSPS) is 29.0. The largest absolute Gasteiger partial charge is 0.359 e. The van der Waals surface area contributed by atoms with Gasteiger partial charge in [-0.3, -0.25) is 14.4 Å². The molecule has 1 unspecified atom stereocenters. The van der Waals surface area contributed by atoms with Crippen molar-refractivity contribution in [2.75, 3.05) is 13.6 Å². The van der Waals surface area contributed by atoms with Gasteiger partial charge in [0.25, 0.3) is 0 Å². The summed E-state index contributed by atoms with van der Waals surface area (Å²) in [7, 11) is 1.66. The molecule has 5 nitrogen and oxygen atoms in total. The maximum absolute atomic E-state index is 12.8. The molecule has 1 heterocycles. The van der Waals surface area contributed by atoms with Crippen molar-refractivity contribution in [3.63, 3.8) is 0 Å². The van der Waals surface area contributed by atoms with E-state index in [1.165, 1.54) is 0 Å². The van der Waals surface area contributed by atoms with Crippen LogP contribution in [-0.4, -0.2) is 42.1 Å². The lowest BCUT2D eigenvalue weighted by Gasteiger charge is -2.38. The fraction of sp³-hybridized carbons (Fsp3) is 0.824. The fourth-order valence-electron chi connectivity index (χ4n) is 3.81. The zero-order valence-corrected chi connectivity index (χ0v) is 13.8. The molecule has 0 spiro atoms. The predicted molar refractivity (Wildman–Crippen MR) is 84.2 cm³/mol. The van der Waals surface area contributed by atoms with Gasteiger partial charge in [0.1, 0.15) is 0 Å². The van der Waals surface area contributed by atoms with Crippen LogP contribution in [0.1, 0.15) is 58.3 Å². The molecule has 1 N–H and O–H groups in total. The second kappa shape index (κ2) is 7.75. The fourth-order valence-corrected chi connectivity index (χ4v) is 3.81. The molecule has 1 aliphatic carbocycles. The van der Waals surface area contributed by atoms with Crippen LogP contribution < -0.4 is 5.32 Å². The first kappa shape index (κ1) is 17.0. The Labute approximate surface area is 132 Å². The quantitative estimate of drug-likeness (QED) is 0.862. The number of carbonyl (C=O) groups excluding carboxylic acids is 3. The summed E-state index contributed by atoms with van der Waals surface area (Å²) in [6.07, 6.45) is 6.41. The van der Waals surface area contributed by atoms with E-state index in [2.05, 4.69) is 5.32 Å². The first-order valence-electron chi connectivity index (χ1n) is 8.63. The lowest BCUT2D eigenvalue weighted by molar-refractivity contribution is -0.146. The van der Waals surface area contributed by atoms with Crippen LogP contribution in [-0.2, 0) is 14.4 Å². The van der Waals surface area contributed by atoms with Gasteiger partial charge in [0.2, 0.25) is 11.8 Å². The zero-order valence-electron chi connectivity index (χ0n) is 13.8. The van der Waals surface area contributed by atoms with Crippen LogP contribution in [0.3, 0.4) is 0 Å². The highest BCUT2D eigenvalue weighted by Gasteiger charge is 2.36. The van der Waals surface area contributed by atoms with Crippen molar-refractivity contribution in [3.8, 4) is 0 Å². The van der Waals surface area contributed by atoms with Crippen molar-refractivity contribution in [2.24, 2.45) is 11.8 Å². The summed E-state index contributed by atoms with van der Waals surface area (Å²) >= 11 is 0. The monoisotopic (exact) mass is 308 g/mol. The van der Waals surface area contributed by atoms with E-state index in [1.807, 2.05) is 11.8 Å². The molecule has 0 aromatic heterocycles. The number of amides is 2. The Bertz CT molecular complexity index is 428. The first-order chi connectivity index (χ1) is 10.6. The average molecular weight is 308 g/mol. The predicted octanol–water partition coefficient (Wildman–Crippen LogP) is 1.90. The summed E-state index contributed by atoms with van der Waals surface area (Å²) in [5.74, 6) is 0.450. The molecule has 0 bridgehead atoms. The summed E-state index contributed by atoms with van der Waals surface area (Å²) in [6, 6.07) is -0.206. The number of carbonyl (C=O) groups is 3. The first-order valence-corrected chi connectivity index (χ1v) is 8.63. The highest BCUT2D eigenvalue weighted by Crippen LogP contribution is 2.32. The third-order valence-corrected chi connectivity index (χ3v) is 5.20. The Morgan fingerprint density at radius 1 is 1.00 bits per heavy atom. The van der Waals surface area contributed by atoms with E-state index in [4.69, 9.17) is 0 Å². The van der Waals surface area contributed by atoms with Crippen LogP contribution in [0.15, 0.2) is 0 Å². The van der Waals surface area contributed by atoms with Crippen LogP contribution in [0.2, 0.25) is 0 Å². The number of nitrogens with one attached hydrogen (secondary N) is 1. The number of hydrogen-bond donors (Lipinski definition) is 1. The number of ketones is 1. The summed E-state index contributed by atoms with van der Waals surface area (Å²) in [6.45, 7) is 2.58. The molecule has 0 aromatic rings. The third-order valence-electron chi connectivity index (χ3n) is 5.20. The lowest BCUT2D eigenvalue weighted by atomic mass is 9.80. The number of Topliss-reactive ketones (excluding diaryl/α,β-unsaturated/α-hetero) is 1. The molecule has 1 saturated heterocycles. The maximum Gasteiger partial charge on any atom is 0.226 e. The van der Waals surface area contributed by atoms with Gasteiger partial charge in [-0.05, 0) is 44.9 Å². The lowest BCUT2D eigenvalue weighted by Crippen LogP contribution is -2.50. The van der Waals surface area contributed by atoms with Crippen molar-refractivity contribution in [2.45, 2.75) is 64.3 Å². The zero-order chi connectivity index (χ0) is 16.1. The second-order valence-corrected chi connectivity index (χ2v) is 6.53. The van der Waals surface area contributed by atoms with Crippen molar-refractivity contribution in [1.29, 1.82) is 0 Å². The van der Waals surface area contributed by atoms with Gasteiger partial charge in [0.15, 0.2) is 5.78 Å². The second-order valence-electron chi connectivity index (χ2n) is 6.53. The van der Waals surface area contributed by atoms with Gasteiger partial charge in [-0.2, -0.15) is 0 Å². The molecule has 1 saturated carbocycles. The molecule has 0 aromatic carbocycles. The number of nitrogens with zero attached hydrogens (tertiary/aromatic N) is 1. The third kappa shape index (κ3) is 3.68.